The Kier molecular flexibility index (Phi) is 63.9. The van der Waals surface area contributed by atoms with E-state index < -0.39 is 6.10 Å². The van der Waals surface area contributed by atoms with Gasteiger partial charge in [0.1, 0.15) is 13.2 Å². The zero-order valence-electron chi connectivity index (χ0n) is 52.5. The summed E-state index contributed by atoms with van der Waals surface area (Å²) in [6, 6.07) is 0. The van der Waals surface area contributed by atoms with Crippen molar-refractivity contribution in [2.75, 3.05) is 13.2 Å². The number of rotatable bonds is 59. The molecule has 0 radical (unpaired) electrons. The van der Waals surface area contributed by atoms with Crippen molar-refractivity contribution in [2.24, 2.45) is 0 Å². The zero-order chi connectivity index (χ0) is 58.5. The molecule has 6 heteroatoms. The van der Waals surface area contributed by atoms with E-state index in [2.05, 4.69) is 161 Å². The molecular formula is C75H122O6. The van der Waals surface area contributed by atoms with Gasteiger partial charge in [0.2, 0.25) is 0 Å². The fraction of sp³-hybridized carbons (Fsp3) is 0.640. The molecule has 0 aliphatic rings. The lowest BCUT2D eigenvalue weighted by atomic mass is 10.0. The van der Waals surface area contributed by atoms with E-state index in [1.165, 1.54) is 122 Å². The molecule has 0 bridgehead atoms. The van der Waals surface area contributed by atoms with Crippen molar-refractivity contribution in [3.8, 4) is 0 Å². The summed E-state index contributed by atoms with van der Waals surface area (Å²) < 4.78 is 16.8. The fourth-order valence-electron chi connectivity index (χ4n) is 8.94. The third-order valence-corrected chi connectivity index (χ3v) is 13.9. The van der Waals surface area contributed by atoms with Gasteiger partial charge in [-0.2, -0.15) is 0 Å². The van der Waals surface area contributed by atoms with Gasteiger partial charge in [-0.3, -0.25) is 14.4 Å². The molecule has 0 fully saturated rings. The Bertz CT molecular complexity index is 1760. The van der Waals surface area contributed by atoms with Crippen LogP contribution in [-0.4, -0.2) is 37.2 Å². The van der Waals surface area contributed by atoms with Crippen molar-refractivity contribution < 1.29 is 28.6 Å². The number of ether oxygens (including phenoxy) is 3. The molecule has 0 heterocycles. The number of hydrogen-bond acceptors (Lipinski definition) is 6. The SMILES string of the molecule is CC/C=C\C/C=C\C/C=C\C/C=C\C/C=C\C/C=C\C/C=C\C/C=C\CCCCCCCCCCC(=O)OCC(COC(=O)CC/C=C\C/C=C\C/C=C\C/C=C\CC)OC(=O)CCCCCCCCCCCCCCCCCCC. The Balaban J connectivity index is 4.32. The minimum Gasteiger partial charge on any atom is -0.462 e. The summed E-state index contributed by atoms with van der Waals surface area (Å²) in [6.07, 6.45) is 97.4. The molecule has 0 saturated carbocycles. The number of esters is 3. The molecule has 1 atom stereocenters. The average Bonchev–Trinajstić information content (AvgIpc) is 3.46. The number of carbonyl (C=O) groups excluding carboxylic acids is 3. The van der Waals surface area contributed by atoms with E-state index in [4.69, 9.17) is 14.2 Å². The van der Waals surface area contributed by atoms with E-state index in [-0.39, 0.29) is 37.5 Å². The van der Waals surface area contributed by atoms with Gasteiger partial charge in [-0.15, -0.1) is 0 Å². The van der Waals surface area contributed by atoms with Crippen LogP contribution in [0.15, 0.2) is 146 Å². The monoisotopic (exact) mass is 1120 g/mol. The molecule has 0 aromatic rings. The summed E-state index contributed by atoms with van der Waals surface area (Å²) in [6.45, 7) is 6.35. The second kappa shape index (κ2) is 67.8. The van der Waals surface area contributed by atoms with Crippen molar-refractivity contribution in [3.63, 3.8) is 0 Å². The Morgan fingerprint density at radius 3 is 0.827 bits per heavy atom. The van der Waals surface area contributed by atoms with Gasteiger partial charge in [0.25, 0.3) is 0 Å². The highest BCUT2D eigenvalue weighted by Crippen LogP contribution is 2.16. The van der Waals surface area contributed by atoms with E-state index in [9.17, 15) is 14.4 Å². The van der Waals surface area contributed by atoms with Gasteiger partial charge >= 0.3 is 17.9 Å². The molecule has 81 heavy (non-hydrogen) atoms. The molecule has 0 rings (SSSR count). The first-order valence-electron chi connectivity index (χ1n) is 33.3. The summed E-state index contributed by atoms with van der Waals surface area (Å²) in [5.41, 5.74) is 0. The summed E-state index contributed by atoms with van der Waals surface area (Å²) in [5.74, 6) is -0.994. The van der Waals surface area contributed by atoms with Gasteiger partial charge in [-0.05, 0) is 109 Å². The predicted octanol–water partition coefficient (Wildman–Crippen LogP) is 23.1. The van der Waals surface area contributed by atoms with Gasteiger partial charge < -0.3 is 14.2 Å². The summed E-state index contributed by atoms with van der Waals surface area (Å²) in [4.78, 5) is 38.3. The van der Waals surface area contributed by atoms with E-state index in [1.807, 2.05) is 6.08 Å². The molecule has 0 N–H and O–H groups in total. The molecule has 0 amide bonds. The standard InChI is InChI=1S/C75H122O6/c1-4-7-10-13-16-19-22-25-27-29-30-31-32-33-34-35-36-37-38-39-40-41-42-43-44-46-47-50-53-56-59-62-65-68-74(77)80-71-72(70-79-73(76)67-64-61-58-55-52-49-24-21-18-15-12-9-6-3)81-75(78)69-66-63-60-57-54-51-48-45-28-26-23-20-17-14-11-8-5-2/h7,9-10,12,16,18-19,21,25,27,30-31,33-34,36-37,39-40,42-43,49,52,58,61,72H,4-6,8,11,13-15,17,20,22-24,26,28-29,32,35,38,41,44-48,50-51,53-57,59-60,62-71H2,1-3H3/b10-7-,12-9-,19-16-,21-18-,27-25-,31-30-,34-33-,37-36-,40-39-,43-42-,52-49-,61-58-. The number of carbonyl (C=O) groups is 3. The summed E-state index contributed by atoms with van der Waals surface area (Å²) >= 11 is 0. The zero-order valence-corrected chi connectivity index (χ0v) is 52.5. The van der Waals surface area contributed by atoms with E-state index in [0.717, 1.165) is 122 Å². The molecule has 0 aliphatic carbocycles. The van der Waals surface area contributed by atoms with Gasteiger partial charge in [-0.25, -0.2) is 0 Å². The van der Waals surface area contributed by atoms with Crippen molar-refractivity contribution in [3.05, 3.63) is 146 Å². The molecule has 0 aromatic carbocycles. The fourth-order valence-corrected chi connectivity index (χ4v) is 8.94. The first kappa shape index (κ1) is 76.3. The Labute approximate surface area is 499 Å². The van der Waals surface area contributed by atoms with Crippen LogP contribution >= 0.6 is 0 Å². The van der Waals surface area contributed by atoms with Crippen LogP contribution in [-0.2, 0) is 28.6 Å². The molecule has 6 nitrogen and oxygen atoms in total. The molecule has 0 aromatic heterocycles. The van der Waals surface area contributed by atoms with Crippen LogP contribution in [0.1, 0.15) is 290 Å². The lowest BCUT2D eigenvalue weighted by Gasteiger charge is -2.18. The maximum atomic E-state index is 12.9. The highest BCUT2D eigenvalue weighted by atomic mass is 16.6. The molecule has 1 unspecified atom stereocenters. The Morgan fingerprint density at radius 1 is 0.259 bits per heavy atom. The molecular weight excluding hydrogens is 997 g/mol. The first-order valence-corrected chi connectivity index (χ1v) is 33.3. The maximum absolute atomic E-state index is 12.9. The van der Waals surface area contributed by atoms with Gasteiger partial charge in [-0.1, -0.05) is 308 Å². The summed E-state index contributed by atoms with van der Waals surface area (Å²) in [7, 11) is 0. The lowest BCUT2D eigenvalue weighted by molar-refractivity contribution is -0.166. The largest absolute Gasteiger partial charge is 0.462 e. The van der Waals surface area contributed by atoms with Crippen molar-refractivity contribution in [1.82, 2.24) is 0 Å². The predicted molar refractivity (Wildman–Crippen MR) is 352 cm³/mol. The van der Waals surface area contributed by atoms with Crippen LogP contribution in [0.5, 0.6) is 0 Å². The molecule has 0 spiro atoms. The summed E-state index contributed by atoms with van der Waals surface area (Å²) in [5, 5.41) is 0. The van der Waals surface area contributed by atoms with Gasteiger partial charge in [0.05, 0.1) is 0 Å². The van der Waals surface area contributed by atoms with Crippen LogP contribution in [0, 0.1) is 0 Å². The van der Waals surface area contributed by atoms with Crippen LogP contribution < -0.4 is 0 Å². The quantitative estimate of drug-likeness (QED) is 0.0261. The van der Waals surface area contributed by atoms with E-state index >= 15 is 0 Å². The van der Waals surface area contributed by atoms with Crippen molar-refractivity contribution >= 4 is 17.9 Å². The van der Waals surface area contributed by atoms with Crippen LogP contribution in [0.3, 0.4) is 0 Å². The van der Waals surface area contributed by atoms with Gasteiger partial charge in [0.15, 0.2) is 6.10 Å². The first-order chi connectivity index (χ1) is 40.0. The van der Waals surface area contributed by atoms with Gasteiger partial charge in [0, 0.05) is 19.3 Å². The van der Waals surface area contributed by atoms with Crippen LogP contribution in [0.4, 0.5) is 0 Å². The lowest BCUT2D eigenvalue weighted by Crippen LogP contribution is -2.30. The van der Waals surface area contributed by atoms with Crippen LogP contribution in [0.2, 0.25) is 0 Å². The van der Waals surface area contributed by atoms with Crippen LogP contribution in [0.25, 0.3) is 0 Å². The molecule has 458 valence electrons. The Morgan fingerprint density at radius 2 is 0.506 bits per heavy atom. The minimum atomic E-state index is -0.814. The van der Waals surface area contributed by atoms with Crippen molar-refractivity contribution in [1.29, 1.82) is 0 Å². The topological polar surface area (TPSA) is 78.9 Å². The van der Waals surface area contributed by atoms with Crippen molar-refractivity contribution in [2.45, 2.75) is 297 Å². The third kappa shape index (κ3) is 66.0. The Hall–Kier alpha value is -4.71. The number of unbranched alkanes of at least 4 members (excludes halogenated alkanes) is 24. The number of hydrogen-bond donors (Lipinski definition) is 0. The third-order valence-electron chi connectivity index (χ3n) is 13.9. The highest BCUT2D eigenvalue weighted by Gasteiger charge is 2.19. The second-order valence-corrected chi connectivity index (χ2v) is 21.6. The average molecular weight is 1120 g/mol. The second-order valence-electron chi connectivity index (χ2n) is 21.6. The van der Waals surface area contributed by atoms with E-state index in [0.29, 0.717) is 19.3 Å². The molecule has 0 saturated heterocycles. The smallest absolute Gasteiger partial charge is 0.306 e. The van der Waals surface area contributed by atoms with E-state index in [1.54, 1.807) is 0 Å². The normalized spacial score (nSPS) is 13.1. The maximum Gasteiger partial charge on any atom is 0.306 e. The number of allylic oxidation sites excluding steroid dienone is 24. The molecule has 0 aliphatic heterocycles. The highest BCUT2D eigenvalue weighted by molar-refractivity contribution is 5.71. The minimum absolute atomic E-state index is 0.106.